The summed E-state index contributed by atoms with van der Waals surface area (Å²) in [5, 5.41) is 4.34. The summed E-state index contributed by atoms with van der Waals surface area (Å²) in [6, 6.07) is 23.5. The Balaban J connectivity index is 1.24. The average molecular weight is 456 g/mol. The molecule has 0 atom stereocenters. The molecule has 5 rings (SSSR count). The van der Waals surface area contributed by atoms with Crippen molar-refractivity contribution in [2.45, 2.75) is 46.3 Å². The van der Waals surface area contributed by atoms with E-state index in [1.54, 1.807) is 0 Å². The second-order valence-corrected chi connectivity index (χ2v) is 9.49. The maximum atomic E-state index is 12.7. The van der Waals surface area contributed by atoms with Crippen LogP contribution < -0.4 is 5.32 Å². The summed E-state index contributed by atoms with van der Waals surface area (Å²) in [5.74, 6) is 1.90. The molecule has 1 aliphatic rings. The number of hydrogen-bond acceptors (Lipinski definition) is 3. The van der Waals surface area contributed by atoms with Gasteiger partial charge in [0, 0.05) is 30.2 Å². The highest BCUT2D eigenvalue weighted by molar-refractivity contribution is 5.81. The van der Waals surface area contributed by atoms with E-state index in [-0.39, 0.29) is 11.8 Å². The number of carbonyl (C=O) groups is 1. The number of amides is 1. The molecule has 1 saturated heterocycles. The van der Waals surface area contributed by atoms with E-state index in [1.807, 2.05) is 19.1 Å². The maximum Gasteiger partial charge on any atom is 0.223 e. The lowest BCUT2D eigenvalue weighted by molar-refractivity contribution is -0.126. The number of nitrogens with zero attached hydrogens (tertiary/aromatic N) is 2. The quantitative estimate of drug-likeness (QED) is 0.404. The minimum absolute atomic E-state index is 0.0742. The van der Waals surface area contributed by atoms with Crippen molar-refractivity contribution in [3.63, 3.8) is 0 Å². The van der Waals surface area contributed by atoms with Gasteiger partial charge in [0.15, 0.2) is 0 Å². The van der Waals surface area contributed by atoms with Gasteiger partial charge in [0.05, 0.1) is 6.54 Å². The first kappa shape index (κ1) is 22.5. The molecular weight excluding hydrogens is 422 g/mol. The Morgan fingerprint density at radius 3 is 2.50 bits per heavy atom. The third kappa shape index (κ3) is 4.95. The van der Waals surface area contributed by atoms with E-state index in [9.17, 15) is 4.79 Å². The van der Waals surface area contributed by atoms with Gasteiger partial charge in [0.1, 0.15) is 11.5 Å². The molecule has 5 heteroatoms. The van der Waals surface area contributed by atoms with Gasteiger partial charge in [-0.1, -0.05) is 42.5 Å². The van der Waals surface area contributed by atoms with E-state index in [2.05, 4.69) is 76.3 Å². The molecule has 0 saturated carbocycles. The number of piperidine rings is 1. The van der Waals surface area contributed by atoms with Crippen LogP contribution in [0.15, 0.2) is 71.1 Å². The predicted molar refractivity (Wildman–Crippen MR) is 136 cm³/mol. The summed E-state index contributed by atoms with van der Waals surface area (Å²) in [7, 11) is 0. The first-order valence-electron chi connectivity index (χ1n) is 12.2. The molecule has 0 radical (unpaired) electrons. The first-order chi connectivity index (χ1) is 16.6. The van der Waals surface area contributed by atoms with Crippen LogP contribution in [0.2, 0.25) is 0 Å². The summed E-state index contributed by atoms with van der Waals surface area (Å²) in [5.41, 5.74) is 5.29. The molecule has 4 aromatic rings. The smallest absolute Gasteiger partial charge is 0.223 e. The summed E-state index contributed by atoms with van der Waals surface area (Å²) < 4.78 is 8.03. The van der Waals surface area contributed by atoms with Crippen molar-refractivity contribution in [1.82, 2.24) is 14.8 Å². The molecular formula is C29H33N3O2. The normalized spacial score (nSPS) is 15.1. The Morgan fingerprint density at radius 1 is 0.971 bits per heavy atom. The van der Waals surface area contributed by atoms with E-state index in [0.29, 0.717) is 6.54 Å². The van der Waals surface area contributed by atoms with Gasteiger partial charge in [-0.05, 0) is 80.6 Å². The molecule has 5 nitrogen and oxygen atoms in total. The number of carbonyl (C=O) groups excluding carboxylic acids is 1. The number of para-hydroxylation sites is 1. The number of hydrogen-bond donors (Lipinski definition) is 1. The van der Waals surface area contributed by atoms with E-state index in [1.165, 1.54) is 27.7 Å². The van der Waals surface area contributed by atoms with Gasteiger partial charge >= 0.3 is 0 Å². The van der Waals surface area contributed by atoms with Crippen molar-refractivity contribution in [2.75, 3.05) is 13.1 Å². The lowest BCUT2D eigenvalue weighted by Gasteiger charge is -2.31. The Bertz CT molecular complexity index is 1280. The highest BCUT2D eigenvalue weighted by Crippen LogP contribution is 2.25. The van der Waals surface area contributed by atoms with Crippen LogP contribution in [0.3, 0.4) is 0 Å². The van der Waals surface area contributed by atoms with Gasteiger partial charge in [-0.25, -0.2) is 0 Å². The fraction of sp³-hybridized carbons (Fsp3) is 0.345. The van der Waals surface area contributed by atoms with Gasteiger partial charge in [0.25, 0.3) is 0 Å². The molecule has 2 aromatic carbocycles. The summed E-state index contributed by atoms with van der Waals surface area (Å²) in [6.45, 7) is 8.21. The highest BCUT2D eigenvalue weighted by atomic mass is 16.3. The monoisotopic (exact) mass is 455 g/mol. The number of aryl methyl sites for hydroxylation is 2. The molecule has 1 N–H and O–H groups in total. The SMILES string of the molecule is Cc1ccc(CNC(=O)C2CCN(Cc3cc4ccccc4n3Cc3ccccc3C)CC2)o1. The molecule has 0 aliphatic carbocycles. The molecule has 0 unspecified atom stereocenters. The van der Waals surface area contributed by atoms with Gasteiger partial charge in [-0.2, -0.15) is 0 Å². The van der Waals surface area contributed by atoms with Crippen molar-refractivity contribution in [3.8, 4) is 0 Å². The Hall–Kier alpha value is -3.31. The minimum atomic E-state index is 0.0742. The van der Waals surface area contributed by atoms with Crippen molar-refractivity contribution in [3.05, 3.63) is 95.1 Å². The predicted octanol–water partition coefficient (Wildman–Crippen LogP) is 5.43. The van der Waals surface area contributed by atoms with Crippen molar-refractivity contribution in [2.24, 2.45) is 5.92 Å². The zero-order chi connectivity index (χ0) is 23.5. The summed E-state index contributed by atoms with van der Waals surface area (Å²) >= 11 is 0. The molecule has 0 bridgehead atoms. The number of aromatic nitrogens is 1. The van der Waals surface area contributed by atoms with Crippen LogP contribution in [0, 0.1) is 19.8 Å². The number of likely N-dealkylation sites (tertiary alicyclic amines) is 1. The van der Waals surface area contributed by atoms with E-state index >= 15 is 0 Å². The number of benzene rings is 2. The first-order valence-corrected chi connectivity index (χ1v) is 12.2. The summed E-state index contributed by atoms with van der Waals surface area (Å²) in [6.07, 6.45) is 1.78. The Morgan fingerprint density at radius 2 is 1.74 bits per heavy atom. The van der Waals surface area contributed by atoms with Gasteiger partial charge in [-0.15, -0.1) is 0 Å². The second kappa shape index (κ2) is 9.90. The molecule has 2 aromatic heterocycles. The van der Waals surface area contributed by atoms with Crippen LogP contribution in [0.1, 0.15) is 41.2 Å². The third-order valence-electron chi connectivity index (χ3n) is 7.06. The van der Waals surface area contributed by atoms with Crippen LogP contribution in [-0.2, 0) is 24.4 Å². The van der Waals surface area contributed by atoms with E-state index in [0.717, 1.165) is 50.5 Å². The molecule has 0 spiro atoms. The van der Waals surface area contributed by atoms with E-state index in [4.69, 9.17) is 4.42 Å². The zero-order valence-electron chi connectivity index (χ0n) is 20.1. The van der Waals surface area contributed by atoms with Gasteiger partial charge in [-0.3, -0.25) is 9.69 Å². The number of rotatable bonds is 7. The maximum absolute atomic E-state index is 12.7. The van der Waals surface area contributed by atoms with Crippen LogP contribution in [0.4, 0.5) is 0 Å². The molecule has 1 amide bonds. The van der Waals surface area contributed by atoms with Gasteiger partial charge < -0.3 is 14.3 Å². The number of nitrogens with one attached hydrogen (secondary N) is 1. The molecule has 176 valence electrons. The lowest BCUT2D eigenvalue weighted by atomic mass is 9.96. The fourth-order valence-electron chi connectivity index (χ4n) is 5.02. The van der Waals surface area contributed by atoms with Crippen molar-refractivity contribution < 1.29 is 9.21 Å². The van der Waals surface area contributed by atoms with Crippen LogP contribution in [-0.4, -0.2) is 28.5 Å². The zero-order valence-corrected chi connectivity index (χ0v) is 20.1. The Labute approximate surface area is 201 Å². The van der Waals surface area contributed by atoms with Crippen LogP contribution >= 0.6 is 0 Å². The molecule has 1 fully saturated rings. The van der Waals surface area contributed by atoms with Crippen LogP contribution in [0.25, 0.3) is 10.9 Å². The molecule has 1 aliphatic heterocycles. The highest BCUT2D eigenvalue weighted by Gasteiger charge is 2.25. The lowest BCUT2D eigenvalue weighted by Crippen LogP contribution is -2.40. The van der Waals surface area contributed by atoms with Crippen molar-refractivity contribution in [1.29, 1.82) is 0 Å². The second-order valence-electron chi connectivity index (χ2n) is 9.49. The van der Waals surface area contributed by atoms with Crippen LogP contribution in [0.5, 0.6) is 0 Å². The molecule has 34 heavy (non-hydrogen) atoms. The van der Waals surface area contributed by atoms with Gasteiger partial charge in [0.2, 0.25) is 5.91 Å². The molecule has 3 heterocycles. The summed E-state index contributed by atoms with van der Waals surface area (Å²) in [4.78, 5) is 15.2. The number of fused-ring (bicyclic) bond motifs is 1. The minimum Gasteiger partial charge on any atom is -0.465 e. The largest absolute Gasteiger partial charge is 0.465 e. The standard InChI is InChI=1S/C29H33N3O2/c1-21-7-3-4-9-25(21)19-32-26(17-24-8-5-6-10-28(24)32)20-31-15-13-23(14-16-31)29(33)30-18-27-12-11-22(2)34-27/h3-12,17,23H,13-16,18-20H2,1-2H3,(H,30,33). The topological polar surface area (TPSA) is 50.4 Å². The third-order valence-corrected chi connectivity index (χ3v) is 7.06. The average Bonchev–Trinajstić information content (AvgIpc) is 3.42. The fourth-order valence-corrected chi connectivity index (χ4v) is 5.02. The Kier molecular flexibility index (Phi) is 6.54. The van der Waals surface area contributed by atoms with Crippen molar-refractivity contribution >= 4 is 16.8 Å². The van der Waals surface area contributed by atoms with E-state index < -0.39 is 0 Å². The number of furan rings is 1.